The lowest BCUT2D eigenvalue weighted by molar-refractivity contribution is 1.06. The van der Waals surface area contributed by atoms with Crippen molar-refractivity contribution in [3.05, 3.63) is 198 Å². The lowest BCUT2D eigenvalue weighted by Gasteiger charge is -2.16. The van der Waals surface area contributed by atoms with Gasteiger partial charge in [-0.2, -0.15) is 21.0 Å². The van der Waals surface area contributed by atoms with Crippen LogP contribution in [-0.4, -0.2) is 24.5 Å². The molecule has 10 rings (SSSR count). The molecule has 0 aliphatic rings. The lowest BCUT2D eigenvalue weighted by atomic mass is 9.95. The maximum Gasteiger partial charge on any atom is 0.166 e. The van der Waals surface area contributed by atoms with Gasteiger partial charge in [0.2, 0.25) is 0 Å². The first kappa shape index (κ1) is 37.7. The van der Waals surface area contributed by atoms with Crippen molar-refractivity contribution in [1.82, 2.24) is 24.5 Å². The third-order valence-corrected chi connectivity index (χ3v) is 11.1. The molecule has 9 nitrogen and oxygen atoms in total. The van der Waals surface area contributed by atoms with Crippen molar-refractivity contribution >= 4 is 21.8 Å². The molecule has 0 saturated heterocycles. The van der Waals surface area contributed by atoms with Crippen LogP contribution in [0.2, 0.25) is 0 Å². The summed E-state index contributed by atoms with van der Waals surface area (Å²) in [4.78, 5) is 20.0. The molecule has 0 spiro atoms. The number of fused-ring (bicyclic) bond motifs is 3. The van der Waals surface area contributed by atoms with Gasteiger partial charge in [0, 0.05) is 39.2 Å². The molecule has 10 aromatic rings. The summed E-state index contributed by atoms with van der Waals surface area (Å²) in [5.41, 5.74) is 11.2. The second-order valence-corrected chi connectivity index (χ2v) is 14.8. The number of hydrogen-bond donors (Lipinski definition) is 0. The summed E-state index contributed by atoms with van der Waals surface area (Å²) in [6, 6.07) is 63.0. The molecule has 0 fully saturated rings. The summed E-state index contributed by atoms with van der Waals surface area (Å²) in [6.45, 7) is 0. The molecule has 7 aromatic carbocycles. The highest BCUT2D eigenvalue weighted by atomic mass is 15.1. The lowest BCUT2D eigenvalue weighted by Crippen LogP contribution is -2.04. The predicted octanol–water partition coefficient (Wildman–Crippen LogP) is 11.9. The van der Waals surface area contributed by atoms with Crippen LogP contribution in [-0.2, 0) is 0 Å². The van der Waals surface area contributed by atoms with E-state index in [1.54, 1.807) is 30.5 Å². The summed E-state index contributed by atoms with van der Waals surface area (Å²) < 4.78 is 2.19. The molecule has 0 aliphatic carbocycles. The maximum absolute atomic E-state index is 10.2. The fourth-order valence-corrected chi connectivity index (χ4v) is 8.07. The summed E-state index contributed by atoms with van der Waals surface area (Å²) in [6.07, 6.45) is 1.77. The Labute approximate surface area is 362 Å². The molecule has 0 aliphatic heterocycles. The molecular weight excluding hydrogens is 775 g/mol. The Morgan fingerprint density at radius 3 is 1.38 bits per heavy atom. The van der Waals surface area contributed by atoms with Crippen molar-refractivity contribution in [2.75, 3.05) is 0 Å². The number of nitrogens with zero attached hydrogens (tertiary/aromatic N) is 9. The second kappa shape index (κ2) is 15.9. The van der Waals surface area contributed by atoms with Crippen LogP contribution in [0.3, 0.4) is 0 Å². The largest absolute Gasteiger partial charge is 0.308 e. The number of rotatable bonds is 7. The van der Waals surface area contributed by atoms with Crippen LogP contribution in [0.1, 0.15) is 22.3 Å². The van der Waals surface area contributed by atoms with Crippen LogP contribution in [0, 0.1) is 45.3 Å². The molecule has 290 valence electrons. The van der Waals surface area contributed by atoms with E-state index in [9.17, 15) is 21.0 Å². The van der Waals surface area contributed by atoms with Gasteiger partial charge in [0.1, 0.15) is 0 Å². The molecule has 0 unspecified atom stereocenters. The van der Waals surface area contributed by atoms with Gasteiger partial charge in [0.25, 0.3) is 0 Å². The minimum atomic E-state index is 0.389. The summed E-state index contributed by atoms with van der Waals surface area (Å²) in [5, 5.41) is 41.3. The van der Waals surface area contributed by atoms with Gasteiger partial charge >= 0.3 is 0 Å². The molecule has 3 heterocycles. The topological polar surface area (TPSA) is 152 Å². The molecule has 0 amide bonds. The highest BCUT2D eigenvalue weighted by Gasteiger charge is 2.22. The smallest absolute Gasteiger partial charge is 0.166 e. The Morgan fingerprint density at radius 2 is 0.889 bits per heavy atom. The fraction of sp³-hybridized carbons (Fsp3) is 0. The molecule has 0 bridgehead atoms. The van der Waals surface area contributed by atoms with E-state index in [2.05, 4.69) is 53.1 Å². The number of pyridine rings is 1. The zero-order chi connectivity index (χ0) is 42.9. The van der Waals surface area contributed by atoms with E-state index in [1.165, 1.54) is 0 Å². The van der Waals surface area contributed by atoms with Crippen molar-refractivity contribution < 1.29 is 0 Å². The summed E-state index contributed by atoms with van der Waals surface area (Å²) in [5.74, 6) is 1.51. The normalized spacial score (nSPS) is 10.8. The van der Waals surface area contributed by atoms with Crippen LogP contribution in [0.25, 0.3) is 95.2 Å². The molecule has 3 aromatic heterocycles. The quantitative estimate of drug-likeness (QED) is 0.154. The molecule has 0 saturated carbocycles. The van der Waals surface area contributed by atoms with Crippen molar-refractivity contribution in [3.8, 4) is 97.6 Å². The van der Waals surface area contributed by atoms with Gasteiger partial charge in [-0.15, -0.1) is 0 Å². The van der Waals surface area contributed by atoms with Crippen LogP contribution in [0.5, 0.6) is 0 Å². The van der Waals surface area contributed by atoms with Crippen LogP contribution >= 0.6 is 0 Å². The standard InChI is InChI=1S/C54H29N9/c55-30-34-14-19-43(41(25-34)32-57)38-16-21-49-45(27-38)46-28-39(44-20-15-35(31-56)26-42(44)33-58)17-22-50(46)63(49)51-23-18-40(48-13-7-8-24-59-48)29-47(51)54-61-52(36-9-3-1-4-10-36)60-53(62-54)37-11-5-2-6-12-37/h1-29H. The first-order valence-corrected chi connectivity index (χ1v) is 19.9. The first-order chi connectivity index (χ1) is 31.0. The minimum Gasteiger partial charge on any atom is -0.308 e. The number of benzene rings is 7. The molecule has 63 heavy (non-hydrogen) atoms. The highest BCUT2D eigenvalue weighted by molar-refractivity contribution is 6.12. The zero-order valence-electron chi connectivity index (χ0n) is 33.3. The summed E-state index contributed by atoms with van der Waals surface area (Å²) >= 11 is 0. The monoisotopic (exact) mass is 803 g/mol. The van der Waals surface area contributed by atoms with Crippen LogP contribution < -0.4 is 0 Å². The van der Waals surface area contributed by atoms with Crippen molar-refractivity contribution in [2.45, 2.75) is 0 Å². The number of nitriles is 4. The van der Waals surface area contributed by atoms with Crippen molar-refractivity contribution in [3.63, 3.8) is 0 Å². The summed E-state index contributed by atoms with van der Waals surface area (Å²) in [7, 11) is 0. The Kier molecular flexibility index (Phi) is 9.52. The van der Waals surface area contributed by atoms with E-state index in [0.29, 0.717) is 50.9 Å². The van der Waals surface area contributed by atoms with E-state index >= 15 is 0 Å². The van der Waals surface area contributed by atoms with E-state index in [1.807, 2.05) is 121 Å². The molecule has 0 atom stereocenters. The van der Waals surface area contributed by atoms with E-state index in [-0.39, 0.29) is 0 Å². The number of hydrogen-bond acceptors (Lipinski definition) is 8. The zero-order valence-corrected chi connectivity index (χ0v) is 33.3. The van der Waals surface area contributed by atoms with Gasteiger partial charge in [0.05, 0.1) is 68.9 Å². The second-order valence-electron chi connectivity index (χ2n) is 14.8. The van der Waals surface area contributed by atoms with Gasteiger partial charge < -0.3 is 4.57 Å². The molecular formula is C54H29N9. The van der Waals surface area contributed by atoms with Crippen LogP contribution in [0.15, 0.2) is 176 Å². The highest BCUT2D eigenvalue weighted by Crippen LogP contribution is 2.41. The Hall–Kier alpha value is -9.54. The van der Waals surface area contributed by atoms with E-state index < -0.39 is 0 Å². The Balaban J connectivity index is 1.28. The minimum absolute atomic E-state index is 0.389. The number of aromatic nitrogens is 5. The Morgan fingerprint density at radius 1 is 0.381 bits per heavy atom. The molecule has 9 heteroatoms. The SMILES string of the molecule is N#Cc1ccc(-c2ccc3c(c2)c2cc(-c4ccc(C#N)cc4C#N)ccc2n3-c2ccc(-c3ccccn3)cc2-c2nc(-c3ccccc3)nc(-c3ccccc3)n2)c(C#N)c1. The van der Waals surface area contributed by atoms with Gasteiger partial charge in [-0.1, -0.05) is 97.1 Å². The molecule has 0 radical (unpaired) electrons. The van der Waals surface area contributed by atoms with Gasteiger partial charge in [-0.25, -0.2) is 15.0 Å². The van der Waals surface area contributed by atoms with Gasteiger partial charge in [-0.05, 0) is 95.1 Å². The van der Waals surface area contributed by atoms with Crippen molar-refractivity contribution in [2.24, 2.45) is 0 Å². The fourth-order valence-electron chi connectivity index (χ4n) is 8.07. The van der Waals surface area contributed by atoms with E-state index in [4.69, 9.17) is 19.9 Å². The van der Waals surface area contributed by atoms with Gasteiger partial charge in [-0.3, -0.25) is 4.98 Å². The average Bonchev–Trinajstić information content (AvgIpc) is 3.69. The van der Waals surface area contributed by atoms with Crippen molar-refractivity contribution in [1.29, 1.82) is 21.0 Å². The van der Waals surface area contributed by atoms with E-state index in [0.717, 1.165) is 66.6 Å². The average molecular weight is 804 g/mol. The first-order valence-electron chi connectivity index (χ1n) is 19.9. The maximum atomic E-state index is 10.2. The van der Waals surface area contributed by atoms with Crippen LogP contribution in [0.4, 0.5) is 0 Å². The van der Waals surface area contributed by atoms with Gasteiger partial charge in [0.15, 0.2) is 17.5 Å². The third kappa shape index (κ3) is 6.87. The molecule has 0 N–H and O–H groups in total. The predicted molar refractivity (Wildman–Crippen MR) is 243 cm³/mol. The third-order valence-electron chi connectivity index (χ3n) is 11.1. The Bertz CT molecular complexity index is 3420.